The number of nitrogens with one attached hydrogen (secondary N) is 4. The van der Waals surface area contributed by atoms with Crippen molar-refractivity contribution in [3.63, 3.8) is 0 Å². The van der Waals surface area contributed by atoms with Gasteiger partial charge in [0.15, 0.2) is 5.78 Å². The van der Waals surface area contributed by atoms with Crippen molar-refractivity contribution in [1.29, 1.82) is 0 Å². The second-order valence-electron chi connectivity index (χ2n) is 10.5. The molecule has 2 aromatic carbocycles. The summed E-state index contributed by atoms with van der Waals surface area (Å²) in [6.07, 6.45) is -1.49. The van der Waals surface area contributed by atoms with Crippen molar-refractivity contribution >= 4 is 35.6 Å². The number of hydrogen-bond donors (Lipinski definition) is 5. The molecular weight excluding hydrogens is 591 g/mol. The summed E-state index contributed by atoms with van der Waals surface area (Å²) < 4.78 is 22.7. The highest BCUT2D eigenvalue weighted by molar-refractivity contribution is 5.96. The van der Waals surface area contributed by atoms with E-state index in [0.717, 1.165) is 12.7 Å². The van der Waals surface area contributed by atoms with Gasteiger partial charge in [0.1, 0.15) is 43.2 Å². The molecule has 0 radical (unpaired) electrons. The van der Waals surface area contributed by atoms with Crippen LogP contribution in [0.3, 0.4) is 0 Å². The average Bonchev–Trinajstić information content (AvgIpc) is 3.02. The standard InChI is InChI=1S/C31H39FN4O9/c1-18(2)27(30(42)33-19(3)28(40)34-23(25(38)16-32)15-26(39)44-4)36-29(41)24(14-20-10-12-22(37)13-11-20)35-31(43)45-17-21-8-6-5-7-9-21/h5-13,18-19,23-24,27,37H,14-17H2,1-4H3,(H,33,42)(H,34,40)(H,35,43)(H,36,41)/t19-,23-,24-,27-/m0/s1. The zero-order valence-corrected chi connectivity index (χ0v) is 25.5. The van der Waals surface area contributed by atoms with E-state index >= 15 is 0 Å². The number of ether oxygens (including phenoxy) is 2. The summed E-state index contributed by atoms with van der Waals surface area (Å²) in [6, 6.07) is 9.77. The molecule has 0 spiro atoms. The Kier molecular flexibility index (Phi) is 14.4. The van der Waals surface area contributed by atoms with E-state index in [0.29, 0.717) is 5.56 Å². The van der Waals surface area contributed by atoms with Crippen molar-refractivity contribution < 1.29 is 47.7 Å². The Labute approximate surface area is 260 Å². The minimum absolute atomic E-state index is 0.00959. The molecule has 0 aliphatic carbocycles. The molecule has 2 aromatic rings. The summed E-state index contributed by atoms with van der Waals surface area (Å²) in [5, 5.41) is 19.4. The molecule has 244 valence electrons. The number of methoxy groups -OCH3 is 1. The van der Waals surface area contributed by atoms with Crippen LogP contribution in [0.2, 0.25) is 0 Å². The van der Waals surface area contributed by atoms with Crippen LogP contribution in [0, 0.1) is 5.92 Å². The summed E-state index contributed by atoms with van der Waals surface area (Å²) in [7, 11) is 1.07. The predicted molar refractivity (Wildman–Crippen MR) is 159 cm³/mol. The highest BCUT2D eigenvalue weighted by Gasteiger charge is 2.32. The molecule has 0 aliphatic heterocycles. The van der Waals surface area contributed by atoms with Gasteiger partial charge >= 0.3 is 12.1 Å². The monoisotopic (exact) mass is 630 g/mol. The summed E-state index contributed by atoms with van der Waals surface area (Å²) in [5.41, 5.74) is 1.32. The molecule has 0 aromatic heterocycles. The summed E-state index contributed by atoms with van der Waals surface area (Å²) in [5.74, 6) is -4.72. The van der Waals surface area contributed by atoms with E-state index in [-0.39, 0.29) is 18.8 Å². The fraction of sp³-hybridized carbons (Fsp3) is 0.419. The number of rotatable bonds is 16. The van der Waals surface area contributed by atoms with E-state index in [2.05, 4.69) is 26.0 Å². The highest BCUT2D eigenvalue weighted by atomic mass is 19.1. The Hall–Kier alpha value is -5.01. The number of alkyl halides is 1. The zero-order chi connectivity index (χ0) is 33.5. The van der Waals surface area contributed by atoms with Gasteiger partial charge in [-0.3, -0.25) is 24.0 Å². The molecule has 0 saturated heterocycles. The molecule has 13 nitrogen and oxygen atoms in total. The van der Waals surface area contributed by atoms with Crippen molar-refractivity contribution in [1.82, 2.24) is 21.3 Å². The second-order valence-corrected chi connectivity index (χ2v) is 10.5. The number of carbonyl (C=O) groups is 6. The number of carbonyl (C=O) groups excluding carboxylic acids is 6. The number of halogens is 1. The quantitative estimate of drug-likeness (QED) is 0.171. The molecule has 14 heteroatoms. The normalized spacial score (nSPS) is 13.4. The predicted octanol–water partition coefficient (Wildman–Crippen LogP) is 1.46. The largest absolute Gasteiger partial charge is 0.508 e. The maximum Gasteiger partial charge on any atom is 0.408 e. The summed E-state index contributed by atoms with van der Waals surface area (Å²) in [4.78, 5) is 75.4. The molecule has 0 aliphatic rings. The first-order valence-electron chi connectivity index (χ1n) is 14.2. The maximum absolute atomic E-state index is 13.4. The van der Waals surface area contributed by atoms with Crippen molar-refractivity contribution in [2.75, 3.05) is 13.8 Å². The van der Waals surface area contributed by atoms with Gasteiger partial charge in [0.2, 0.25) is 17.7 Å². The van der Waals surface area contributed by atoms with Gasteiger partial charge in [-0.25, -0.2) is 9.18 Å². The van der Waals surface area contributed by atoms with Crippen LogP contribution in [0.25, 0.3) is 0 Å². The number of Topliss-reactive ketones (excluding diaryl/α,β-unsaturated/α-hetero) is 1. The fourth-order valence-electron chi connectivity index (χ4n) is 4.03. The van der Waals surface area contributed by atoms with Crippen LogP contribution in [-0.2, 0) is 46.5 Å². The summed E-state index contributed by atoms with van der Waals surface area (Å²) >= 11 is 0. The number of aromatic hydroxyl groups is 1. The van der Waals surface area contributed by atoms with E-state index < -0.39 is 78.7 Å². The van der Waals surface area contributed by atoms with Gasteiger partial charge in [-0.1, -0.05) is 56.3 Å². The molecular formula is C31H39FN4O9. The number of phenolic OH excluding ortho intramolecular Hbond substituents is 1. The van der Waals surface area contributed by atoms with Crippen LogP contribution >= 0.6 is 0 Å². The Bertz CT molecular complexity index is 1320. The third kappa shape index (κ3) is 12.3. The third-order valence-electron chi connectivity index (χ3n) is 6.63. The molecule has 0 heterocycles. The van der Waals surface area contributed by atoms with Gasteiger partial charge in [0.25, 0.3) is 0 Å². The molecule has 4 amide bonds. The number of benzene rings is 2. The van der Waals surface area contributed by atoms with Gasteiger partial charge < -0.3 is 35.8 Å². The van der Waals surface area contributed by atoms with Gasteiger partial charge in [-0.15, -0.1) is 0 Å². The Morgan fingerprint density at radius 1 is 0.778 bits per heavy atom. The van der Waals surface area contributed by atoms with Crippen molar-refractivity contribution in [2.45, 2.75) is 64.4 Å². The number of amides is 4. The first-order chi connectivity index (χ1) is 21.3. The number of ketones is 1. The van der Waals surface area contributed by atoms with E-state index in [4.69, 9.17) is 4.74 Å². The molecule has 4 atom stereocenters. The van der Waals surface area contributed by atoms with Crippen LogP contribution in [0.5, 0.6) is 5.75 Å². The Morgan fingerprint density at radius 3 is 2.00 bits per heavy atom. The maximum atomic E-state index is 13.4. The van der Waals surface area contributed by atoms with Crippen molar-refractivity contribution in [3.05, 3.63) is 65.7 Å². The fourth-order valence-corrected chi connectivity index (χ4v) is 4.03. The number of alkyl carbamates (subject to hydrolysis) is 1. The van der Waals surface area contributed by atoms with Crippen LogP contribution in [0.1, 0.15) is 38.3 Å². The van der Waals surface area contributed by atoms with Crippen molar-refractivity contribution in [3.8, 4) is 5.75 Å². The smallest absolute Gasteiger partial charge is 0.408 e. The molecule has 0 unspecified atom stereocenters. The summed E-state index contributed by atoms with van der Waals surface area (Å²) in [6.45, 7) is 3.13. The van der Waals surface area contributed by atoms with E-state index in [1.54, 1.807) is 50.2 Å². The average molecular weight is 631 g/mol. The number of phenols is 1. The van der Waals surface area contributed by atoms with Gasteiger partial charge in [-0.05, 0) is 36.1 Å². The third-order valence-corrected chi connectivity index (χ3v) is 6.63. The number of esters is 1. The van der Waals surface area contributed by atoms with Gasteiger partial charge in [0, 0.05) is 6.42 Å². The Morgan fingerprint density at radius 2 is 1.42 bits per heavy atom. The molecule has 5 N–H and O–H groups in total. The molecule has 0 bridgehead atoms. The van der Waals surface area contributed by atoms with Gasteiger partial charge in [-0.2, -0.15) is 0 Å². The van der Waals surface area contributed by atoms with E-state index in [1.807, 2.05) is 6.07 Å². The molecule has 2 rings (SSSR count). The SMILES string of the molecule is COC(=O)C[C@H](NC(=O)[C@H](C)NC(=O)[C@@H](NC(=O)[C@H](Cc1ccc(O)cc1)NC(=O)OCc1ccccc1)C(C)C)C(=O)CF. The van der Waals surface area contributed by atoms with Crippen molar-refractivity contribution in [2.24, 2.45) is 5.92 Å². The lowest BCUT2D eigenvalue weighted by Crippen LogP contribution is -2.58. The minimum atomic E-state index is -1.50. The van der Waals surface area contributed by atoms with Gasteiger partial charge in [0.05, 0.1) is 13.5 Å². The lowest BCUT2D eigenvalue weighted by atomic mass is 10.0. The highest BCUT2D eigenvalue weighted by Crippen LogP contribution is 2.13. The molecule has 45 heavy (non-hydrogen) atoms. The van der Waals surface area contributed by atoms with Crippen LogP contribution in [0.15, 0.2) is 54.6 Å². The molecule has 0 fully saturated rings. The Balaban J connectivity index is 2.13. The van der Waals surface area contributed by atoms with E-state index in [9.17, 15) is 38.3 Å². The lowest BCUT2D eigenvalue weighted by Gasteiger charge is -2.27. The lowest BCUT2D eigenvalue weighted by molar-refractivity contribution is -0.143. The number of hydrogen-bond acceptors (Lipinski definition) is 9. The molecule has 0 saturated carbocycles. The second kappa shape index (κ2) is 18.0. The first-order valence-corrected chi connectivity index (χ1v) is 14.2. The first kappa shape index (κ1) is 36.2. The zero-order valence-electron chi connectivity index (χ0n) is 25.5. The van der Waals surface area contributed by atoms with Crippen LogP contribution < -0.4 is 21.3 Å². The van der Waals surface area contributed by atoms with Crippen LogP contribution in [0.4, 0.5) is 9.18 Å². The van der Waals surface area contributed by atoms with E-state index in [1.165, 1.54) is 19.1 Å². The topological polar surface area (TPSA) is 189 Å². The van der Waals surface area contributed by atoms with Crippen LogP contribution in [-0.4, -0.2) is 78.6 Å². The minimum Gasteiger partial charge on any atom is -0.508 e.